The average Bonchev–Trinajstić information content (AvgIpc) is 3.30. The number of sulfonamides is 1. The number of hydrogen-bond donors (Lipinski definition) is 2. The molecule has 2 N–H and O–H groups in total. The number of halogens is 3. The van der Waals surface area contributed by atoms with Gasteiger partial charge in [0.1, 0.15) is 6.61 Å². The van der Waals surface area contributed by atoms with Crippen molar-refractivity contribution < 1.29 is 31.1 Å². The zero-order valence-corrected chi connectivity index (χ0v) is 18.9. The second-order valence-corrected chi connectivity index (χ2v) is 9.84. The van der Waals surface area contributed by atoms with Crippen LogP contribution in [-0.2, 0) is 34.5 Å². The van der Waals surface area contributed by atoms with Crippen molar-refractivity contribution in [2.45, 2.75) is 30.8 Å². The van der Waals surface area contributed by atoms with Crippen LogP contribution in [0.4, 0.5) is 13.2 Å². The summed E-state index contributed by atoms with van der Waals surface area (Å²) >= 11 is 1.43. The van der Waals surface area contributed by atoms with Crippen molar-refractivity contribution in [1.82, 2.24) is 10.0 Å². The van der Waals surface area contributed by atoms with Crippen molar-refractivity contribution in [3.05, 3.63) is 87.6 Å². The number of thiophene rings is 1. The van der Waals surface area contributed by atoms with Gasteiger partial charge in [-0.25, -0.2) is 13.1 Å². The van der Waals surface area contributed by atoms with E-state index in [0.717, 1.165) is 10.4 Å². The molecule has 3 rings (SSSR count). The van der Waals surface area contributed by atoms with E-state index in [1.807, 2.05) is 17.5 Å². The van der Waals surface area contributed by atoms with Crippen LogP contribution in [0.15, 0.2) is 70.9 Å². The van der Waals surface area contributed by atoms with Crippen molar-refractivity contribution >= 4 is 27.3 Å². The van der Waals surface area contributed by atoms with Crippen LogP contribution in [0.3, 0.4) is 0 Å². The summed E-state index contributed by atoms with van der Waals surface area (Å²) in [6, 6.07) is 15.9. The summed E-state index contributed by atoms with van der Waals surface area (Å²) < 4.78 is 68.6. The van der Waals surface area contributed by atoms with Gasteiger partial charge in [-0.05, 0) is 40.8 Å². The van der Waals surface area contributed by atoms with Gasteiger partial charge in [-0.3, -0.25) is 4.79 Å². The SMILES string of the molecule is O=C(NCc1ccc(COCC(F)(F)F)cc1)c1cccc(S(=O)(=O)NCc2cccs2)c1. The molecule has 11 heteroatoms. The summed E-state index contributed by atoms with van der Waals surface area (Å²) in [5.74, 6) is -0.456. The summed E-state index contributed by atoms with van der Waals surface area (Å²) in [5, 5.41) is 4.55. The number of amides is 1. The molecule has 0 unspecified atom stereocenters. The van der Waals surface area contributed by atoms with Crippen molar-refractivity contribution in [2.24, 2.45) is 0 Å². The van der Waals surface area contributed by atoms with Gasteiger partial charge in [-0.2, -0.15) is 13.2 Å². The number of alkyl halides is 3. The minimum Gasteiger partial charge on any atom is -0.367 e. The lowest BCUT2D eigenvalue weighted by Gasteiger charge is -2.10. The van der Waals surface area contributed by atoms with Crippen molar-refractivity contribution in [2.75, 3.05) is 6.61 Å². The molecule has 3 aromatic rings. The highest BCUT2D eigenvalue weighted by Crippen LogP contribution is 2.16. The molecule has 1 amide bonds. The third kappa shape index (κ3) is 7.97. The van der Waals surface area contributed by atoms with E-state index in [9.17, 15) is 26.4 Å². The smallest absolute Gasteiger partial charge is 0.367 e. The normalized spacial score (nSPS) is 12.0. The van der Waals surface area contributed by atoms with E-state index in [1.54, 1.807) is 24.3 Å². The Kier molecular flexibility index (Phi) is 8.25. The molecular weight excluding hydrogens is 477 g/mol. The van der Waals surface area contributed by atoms with E-state index in [-0.39, 0.29) is 30.2 Å². The highest BCUT2D eigenvalue weighted by atomic mass is 32.2. The lowest BCUT2D eigenvalue weighted by molar-refractivity contribution is -0.176. The first-order chi connectivity index (χ1) is 15.6. The summed E-state index contributed by atoms with van der Waals surface area (Å²) in [7, 11) is -3.79. The molecule has 0 aliphatic heterocycles. The number of hydrogen-bond acceptors (Lipinski definition) is 5. The molecule has 2 aromatic carbocycles. The van der Waals surface area contributed by atoms with Gasteiger partial charge in [0.2, 0.25) is 10.0 Å². The molecule has 0 saturated carbocycles. The van der Waals surface area contributed by atoms with E-state index in [4.69, 9.17) is 0 Å². The van der Waals surface area contributed by atoms with E-state index in [0.29, 0.717) is 5.56 Å². The van der Waals surface area contributed by atoms with Gasteiger partial charge in [-0.15, -0.1) is 11.3 Å². The Morgan fingerprint density at radius 1 is 0.970 bits per heavy atom. The van der Waals surface area contributed by atoms with Gasteiger partial charge in [0.25, 0.3) is 5.91 Å². The van der Waals surface area contributed by atoms with E-state index in [1.165, 1.54) is 35.6 Å². The van der Waals surface area contributed by atoms with Crippen molar-refractivity contribution in [3.63, 3.8) is 0 Å². The van der Waals surface area contributed by atoms with Crippen LogP contribution < -0.4 is 10.0 Å². The largest absolute Gasteiger partial charge is 0.411 e. The standard InChI is InChI=1S/C22H21F3N2O4S2/c23-22(24,25)15-31-14-17-8-6-16(7-9-17)12-26-21(28)18-3-1-5-20(11-18)33(29,30)27-13-19-4-2-10-32-19/h1-11,27H,12-15H2,(H,26,28). The van der Waals surface area contributed by atoms with Gasteiger partial charge >= 0.3 is 6.18 Å². The van der Waals surface area contributed by atoms with Gasteiger partial charge in [-0.1, -0.05) is 36.4 Å². The van der Waals surface area contributed by atoms with Gasteiger partial charge in [0.05, 0.1) is 11.5 Å². The predicted octanol–water partition coefficient (Wildman–Crippen LogP) is 4.24. The van der Waals surface area contributed by atoms with Gasteiger partial charge in [0.15, 0.2) is 0 Å². The van der Waals surface area contributed by atoms with E-state index >= 15 is 0 Å². The first-order valence-corrected chi connectivity index (χ1v) is 12.1. The van der Waals surface area contributed by atoms with E-state index in [2.05, 4.69) is 14.8 Å². The molecule has 0 aliphatic carbocycles. The molecule has 0 bridgehead atoms. The van der Waals surface area contributed by atoms with Crippen LogP contribution in [0.2, 0.25) is 0 Å². The monoisotopic (exact) mass is 498 g/mol. The first kappa shape index (κ1) is 24.9. The zero-order valence-electron chi connectivity index (χ0n) is 17.3. The summed E-state index contributed by atoms with van der Waals surface area (Å²) in [6.45, 7) is -1.17. The Bertz CT molecular complexity index is 1160. The minimum absolute atomic E-state index is 0.0186. The number of benzene rings is 2. The predicted molar refractivity (Wildman–Crippen MR) is 118 cm³/mol. The number of nitrogens with one attached hydrogen (secondary N) is 2. The number of carbonyl (C=O) groups is 1. The molecular formula is C22H21F3N2O4S2. The Labute approximate surface area is 193 Å². The summed E-state index contributed by atoms with van der Waals surface area (Å²) in [4.78, 5) is 13.3. The lowest BCUT2D eigenvalue weighted by atomic mass is 10.1. The summed E-state index contributed by atoms with van der Waals surface area (Å²) in [5.41, 5.74) is 1.48. The Balaban J connectivity index is 1.54. The Morgan fingerprint density at radius 2 is 1.70 bits per heavy atom. The fourth-order valence-corrected chi connectivity index (χ4v) is 4.58. The highest BCUT2D eigenvalue weighted by molar-refractivity contribution is 7.89. The Morgan fingerprint density at radius 3 is 2.36 bits per heavy atom. The molecule has 0 atom stereocenters. The molecule has 0 saturated heterocycles. The van der Waals surface area contributed by atoms with Crippen LogP contribution in [0.25, 0.3) is 0 Å². The van der Waals surface area contributed by atoms with Crippen LogP contribution in [0, 0.1) is 0 Å². The van der Waals surface area contributed by atoms with Crippen LogP contribution in [-0.4, -0.2) is 27.1 Å². The third-order valence-electron chi connectivity index (χ3n) is 4.43. The molecule has 0 radical (unpaired) electrons. The maximum atomic E-state index is 12.5. The lowest BCUT2D eigenvalue weighted by Crippen LogP contribution is -2.25. The molecule has 6 nitrogen and oxygen atoms in total. The topological polar surface area (TPSA) is 84.5 Å². The molecule has 1 heterocycles. The fourth-order valence-electron chi connectivity index (χ4n) is 2.79. The molecule has 33 heavy (non-hydrogen) atoms. The third-order valence-corrected chi connectivity index (χ3v) is 6.71. The zero-order chi connectivity index (χ0) is 23.9. The number of carbonyl (C=O) groups excluding carboxylic acids is 1. The van der Waals surface area contributed by atoms with Crippen LogP contribution in [0.5, 0.6) is 0 Å². The maximum absolute atomic E-state index is 12.5. The number of ether oxygens (including phenoxy) is 1. The van der Waals surface area contributed by atoms with Crippen molar-refractivity contribution in [3.8, 4) is 0 Å². The first-order valence-electron chi connectivity index (χ1n) is 9.75. The summed E-state index contributed by atoms with van der Waals surface area (Å²) in [6.07, 6.45) is -4.37. The molecule has 176 valence electrons. The van der Waals surface area contributed by atoms with Crippen molar-refractivity contribution in [1.29, 1.82) is 0 Å². The number of rotatable bonds is 10. The van der Waals surface area contributed by atoms with E-state index < -0.39 is 28.7 Å². The quantitative estimate of drug-likeness (QED) is 0.438. The van der Waals surface area contributed by atoms with Gasteiger partial charge < -0.3 is 10.1 Å². The van der Waals surface area contributed by atoms with Crippen LogP contribution >= 0.6 is 11.3 Å². The average molecular weight is 499 g/mol. The molecule has 1 aromatic heterocycles. The minimum atomic E-state index is -4.37. The van der Waals surface area contributed by atoms with Crippen LogP contribution in [0.1, 0.15) is 26.4 Å². The Hall–Kier alpha value is -2.73. The molecule has 0 fully saturated rings. The fraction of sp³-hybridized carbons (Fsp3) is 0.227. The molecule has 0 spiro atoms. The van der Waals surface area contributed by atoms with Gasteiger partial charge in [0, 0.05) is 23.5 Å². The molecule has 0 aliphatic rings. The highest BCUT2D eigenvalue weighted by Gasteiger charge is 2.27. The second-order valence-electron chi connectivity index (χ2n) is 7.04. The second kappa shape index (κ2) is 10.9. The maximum Gasteiger partial charge on any atom is 0.411 e.